The zero-order chi connectivity index (χ0) is 18.7. The standard InChI is InChI=1S/C17H32N2O5/c1-11(2)9-23-16(21)8-14(6)18-15(20)7-13(5)19-17(22)24-10-12(3)4/h11-14H,7-10H2,1-6H3,(H,18,20)(H,19,22). The van der Waals surface area contributed by atoms with E-state index in [-0.39, 0.29) is 48.6 Å². The van der Waals surface area contributed by atoms with Crippen molar-refractivity contribution >= 4 is 18.0 Å². The summed E-state index contributed by atoms with van der Waals surface area (Å²) in [6, 6.07) is -0.679. The topological polar surface area (TPSA) is 93.7 Å². The molecular weight excluding hydrogens is 312 g/mol. The van der Waals surface area contributed by atoms with E-state index in [0.29, 0.717) is 13.2 Å². The lowest BCUT2D eigenvalue weighted by atomic mass is 10.2. The van der Waals surface area contributed by atoms with Crippen molar-refractivity contribution in [2.75, 3.05) is 13.2 Å². The number of alkyl carbamates (subject to hydrolysis) is 1. The molecule has 0 aromatic heterocycles. The third kappa shape index (κ3) is 12.7. The van der Waals surface area contributed by atoms with Crippen LogP contribution in [0.5, 0.6) is 0 Å². The van der Waals surface area contributed by atoms with Crippen LogP contribution in [-0.2, 0) is 19.1 Å². The number of carbonyl (C=O) groups is 3. The molecule has 0 aromatic carbocycles. The summed E-state index contributed by atoms with van der Waals surface area (Å²) >= 11 is 0. The van der Waals surface area contributed by atoms with Crippen LogP contribution in [0, 0.1) is 11.8 Å². The van der Waals surface area contributed by atoms with Crippen molar-refractivity contribution in [3.05, 3.63) is 0 Å². The highest BCUT2D eigenvalue weighted by molar-refractivity contribution is 5.79. The Balaban J connectivity index is 4.01. The van der Waals surface area contributed by atoms with Crippen LogP contribution in [0.2, 0.25) is 0 Å². The minimum atomic E-state index is -0.533. The molecule has 0 spiro atoms. The predicted octanol–water partition coefficient (Wildman–Crippen LogP) is 2.24. The van der Waals surface area contributed by atoms with Gasteiger partial charge in [-0.1, -0.05) is 27.7 Å². The van der Waals surface area contributed by atoms with Gasteiger partial charge >= 0.3 is 12.1 Å². The van der Waals surface area contributed by atoms with E-state index >= 15 is 0 Å². The van der Waals surface area contributed by atoms with Gasteiger partial charge in [-0.25, -0.2) is 4.79 Å². The summed E-state index contributed by atoms with van der Waals surface area (Å²) < 4.78 is 10.1. The Bertz CT molecular complexity index is 374. The molecule has 0 aromatic rings. The van der Waals surface area contributed by atoms with Crippen molar-refractivity contribution in [3.8, 4) is 0 Å². The number of hydrogen-bond acceptors (Lipinski definition) is 5. The summed E-state index contributed by atoms with van der Waals surface area (Å²) in [4.78, 5) is 35.0. The smallest absolute Gasteiger partial charge is 0.407 e. The molecule has 0 bridgehead atoms. The van der Waals surface area contributed by atoms with Gasteiger partial charge in [-0.2, -0.15) is 0 Å². The third-order valence-corrected chi connectivity index (χ3v) is 2.86. The van der Waals surface area contributed by atoms with E-state index < -0.39 is 6.09 Å². The molecule has 2 N–H and O–H groups in total. The normalized spacial score (nSPS) is 13.3. The van der Waals surface area contributed by atoms with E-state index in [4.69, 9.17) is 9.47 Å². The van der Waals surface area contributed by atoms with Gasteiger partial charge in [-0.05, 0) is 25.7 Å². The molecule has 140 valence electrons. The fourth-order valence-corrected chi connectivity index (χ4v) is 1.77. The Morgan fingerprint density at radius 2 is 1.25 bits per heavy atom. The van der Waals surface area contributed by atoms with Crippen LogP contribution in [0.4, 0.5) is 4.79 Å². The highest BCUT2D eigenvalue weighted by atomic mass is 16.5. The molecule has 0 rings (SSSR count). The molecule has 0 aliphatic rings. The summed E-state index contributed by atoms with van der Waals surface area (Å²) in [6.45, 7) is 12.0. The first-order chi connectivity index (χ1) is 11.1. The maximum Gasteiger partial charge on any atom is 0.407 e. The minimum Gasteiger partial charge on any atom is -0.465 e. The van der Waals surface area contributed by atoms with Crippen LogP contribution in [-0.4, -0.2) is 43.3 Å². The molecule has 2 atom stereocenters. The quantitative estimate of drug-likeness (QED) is 0.593. The molecular formula is C17H32N2O5. The maximum absolute atomic E-state index is 11.9. The van der Waals surface area contributed by atoms with Gasteiger partial charge in [0.2, 0.25) is 5.91 Å². The highest BCUT2D eigenvalue weighted by Gasteiger charge is 2.17. The predicted molar refractivity (Wildman–Crippen MR) is 91.4 cm³/mol. The summed E-state index contributed by atoms with van der Waals surface area (Å²) in [6.07, 6.45) is -0.298. The lowest BCUT2D eigenvalue weighted by molar-refractivity contribution is -0.145. The van der Waals surface area contributed by atoms with Gasteiger partial charge in [-0.15, -0.1) is 0 Å². The molecule has 0 saturated carbocycles. The van der Waals surface area contributed by atoms with Crippen molar-refractivity contribution in [3.63, 3.8) is 0 Å². The van der Waals surface area contributed by atoms with Gasteiger partial charge < -0.3 is 20.1 Å². The molecule has 24 heavy (non-hydrogen) atoms. The molecule has 0 aliphatic carbocycles. The molecule has 0 saturated heterocycles. The molecule has 2 amide bonds. The average Bonchev–Trinajstić information content (AvgIpc) is 2.42. The number of carbonyl (C=O) groups excluding carboxylic acids is 3. The van der Waals surface area contributed by atoms with Crippen molar-refractivity contribution in [1.82, 2.24) is 10.6 Å². The molecule has 7 heteroatoms. The van der Waals surface area contributed by atoms with Crippen molar-refractivity contribution in [1.29, 1.82) is 0 Å². The van der Waals surface area contributed by atoms with Gasteiger partial charge in [0.1, 0.15) is 0 Å². The van der Waals surface area contributed by atoms with Crippen LogP contribution in [0.1, 0.15) is 54.4 Å². The van der Waals surface area contributed by atoms with Crippen LogP contribution < -0.4 is 10.6 Å². The largest absolute Gasteiger partial charge is 0.465 e. The van der Waals surface area contributed by atoms with Gasteiger partial charge in [-0.3, -0.25) is 9.59 Å². The SMILES string of the molecule is CC(C)COC(=O)CC(C)NC(=O)CC(C)NC(=O)OCC(C)C. The van der Waals surface area contributed by atoms with Crippen LogP contribution in [0.25, 0.3) is 0 Å². The monoisotopic (exact) mass is 344 g/mol. The van der Waals surface area contributed by atoms with Gasteiger partial charge in [0.25, 0.3) is 0 Å². The lowest BCUT2D eigenvalue weighted by Crippen LogP contribution is -2.41. The van der Waals surface area contributed by atoms with Crippen molar-refractivity contribution < 1.29 is 23.9 Å². The van der Waals surface area contributed by atoms with Crippen molar-refractivity contribution in [2.45, 2.75) is 66.5 Å². The van der Waals surface area contributed by atoms with Gasteiger partial charge in [0.15, 0.2) is 0 Å². The molecule has 0 radical (unpaired) electrons. The molecule has 0 aliphatic heterocycles. The van der Waals surface area contributed by atoms with E-state index in [2.05, 4.69) is 10.6 Å². The zero-order valence-electron chi connectivity index (χ0n) is 15.7. The van der Waals surface area contributed by atoms with E-state index in [1.165, 1.54) is 0 Å². The van der Waals surface area contributed by atoms with Crippen LogP contribution >= 0.6 is 0 Å². The van der Waals surface area contributed by atoms with E-state index in [0.717, 1.165) is 0 Å². The Labute approximate surface area is 144 Å². The highest BCUT2D eigenvalue weighted by Crippen LogP contribution is 2.00. The summed E-state index contributed by atoms with van der Waals surface area (Å²) in [7, 11) is 0. The zero-order valence-corrected chi connectivity index (χ0v) is 15.7. The van der Waals surface area contributed by atoms with E-state index in [1.54, 1.807) is 13.8 Å². The third-order valence-electron chi connectivity index (χ3n) is 2.86. The Morgan fingerprint density at radius 1 is 0.750 bits per heavy atom. The Hall–Kier alpha value is -1.79. The summed E-state index contributed by atoms with van der Waals surface area (Å²) in [5, 5.41) is 5.32. The first-order valence-corrected chi connectivity index (χ1v) is 8.48. The lowest BCUT2D eigenvalue weighted by Gasteiger charge is -2.17. The maximum atomic E-state index is 11.9. The fourth-order valence-electron chi connectivity index (χ4n) is 1.77. The van der Waals surface area contributed by atoms with Crippen molar-refractivity contribution in [2.24, 2.45) is 11.8 Å². The summed E-state index contributed by atoms with van der Waals surface area (Å²) in [5.41, 5.74) is 0. The molecule has 7 nitrogen and oxygen atoms in total. The first-order valence-electron chi connectivity index (χ1n) is 8.48. The van der Waals surface area contributed by atoms with Crippen LogP contribution in [0.15, 0.2) is 0 Å². The van der Waals surface area contributed by atoms with Crippen LogP contribution in [0.3, 0.4) is 0 Å². The number of rotatable bonds is 10. The van der Waals surface area contributed by atoms with Gasteiger partial charge in [0.05, 0.1) is 19.6 Å². The Morgan fingerprint density at radius 3 is 1.79 bits per heavy atom. The number of nitrogens with one attached hydrogen (secondary N) is 2. The molecule has 0 heterocycles. The first kappa shape index (κ1) is 22.2. The number of ether oxygens (including phenoxy) is 2. The fraction of sp³-hybridized carbons (Fsp3) is 0.824. The second kappa shape index (κ2) is 11.7. The number of amides is 2. The number of hydrogen-bond donors (Lipinski definition) is 2. The number of esters is 1. The Kier molecular flexibility index (Phi) is 10.8. The minimum absolute atomic E-state index is 0.113. The average molecular weight is 344 g/mol. The van der Waals surface area contributed by atoms with E-state index in [1.807, 2.05) is 27.7 Å². The summed E-state index contributed by atoms with van der Waals surface area (Å²) in [5.74, 6) is -0.0392. The molecule has 2 unspecified atom stereocenters. The second-order valence-electron chi connectivity index (χ2n) is 6.99. The molecule has 0 fully saturated rings. The van der Waals surface area contributed by atoms with Gasteiger partial charge in [0, 0.05) is 18.5 Å². The second-order valence-corrected chi connectivity index (χ2v) is 6.99. The van der Waals surface area contributed by atoms with E-state index in [9.17, 15) is 14.4 Å².